The number of urea groups is 1. The van der Waals surface area contributed by atoms with Crippen molar-refractivity contribution in [1.82, 2.24) is 14.5 Å². The molecule has 1 saturated heterocycles. The zero-order valence-electron chi connectivity index (χ0n) is 18.7. The lowest BCUT2D eigenvalue weighted by Crippen LogP contribution is -2.43. The number of para-hydroxylation sites is 1. The van der Waals surface area contributed by atoms with Crippen molar-refractivity contribution in [3.63, 3.8) is 0 Å². The van der Waals surface area contributed by atoms with E-state index in [4.69, 9.17) is 4.98 Å². The molecule has 33 heavy (non-hydrogen) atoms. The number of carbonyl (C=O) groups excluding carboxylic acids is 2. The fraction of sp³-hybridized carbons (Fsp3) is 0.346. The summed E-state index contributed by atoms with van der Waals surface area (Å²) >= 11 is 0. The minimum atomic E-state index is -0.115. The normalized spacial score (nSPS) is 16.2. The van der Waals surface area contributed by atoms with Crippen LogP contribution in [0.3, 0.4) is 0 Å². The average molecular weight is 444 g/mol. The average Bonchev–Trinajstić information content (AvgIpc) is 3.29. The molecule has 3 amide bonds. The summed E-state index contributed by atoms with van der Waals surface area (Å²) in [4.78, 5) is 31.9. The third kappa shape index (κ3) is 4.92. The second-order valence-corrected chi connectivity index (χ2v) is 8.82. The summed E-state index contributed by atoms with van der Waals surface area (Å²) in [7, 11) is 0. The zero-order valence-corrected chi connectivity index (χ0v) is 18.7. The molecule has 0 unspecified atom stereocenters. The summed E-state index contributed by atoms with van der Waals surface area (Å²) in [6, 6.07) is 17.2. The molecule has 0 saturated carbocycles. The molecule has 7 nitrogen and oxygen atoms in total. The molecule has 5 rings (SSSR count). The molecule has 2 aliphatic heterocycles. The highest BCUT2D eigenvalue weighted by atomic mass is 16.2. The number of hydrogen-bond acceptors (Lipinski definition) is 3. The number of aromatic nitrogens is 2. The summed E-state index contributed by atoms with van der Waals surface area (Å²) in [6.45, 7) is 2.16. The summed E-state index contributed by atoms with van der Waals surface area (Å²) in [5, 5.41) is 5.99. The molecule has 0 bridgehead atoms. The molecule has 1 aromatic heterocycles. The fourth-order valence-electron chi connectivity index (χ4n) is 4.62. The van der Waals surface area contributed by atoms with Crippen molar-refractivity contribution in [2.75, 3.05) is 23.7 Å². The van der Waals surface area contributed by atoms with E-state index in [9.17, 15) is 9.59 Å². The summed E-state index contributed by atoms with van der Waals surface area (Å²) in [5.74, 6) is 1.06. The van der Waals surface area contributed by atoms with Crippen molar-refractivity contribution in [3.05, 3.63) is 66.6 Å². The van der Waals surface area contributed by atoms with Gasteiger partial charge in [-0.3, -0.25) is 4.79 Å². The van der Waals surface area contributed by atoms with Gasteiger partial charge in [-0.2, -0.15) is 0 Å². The first-order valence-electron chi connectivity index (χ1n) is 11.7. The number of nitrogens with one attached hydrogen (secondary N) is 2. The van der Waals surface area contributed by atoms with Crippen LogP contribution in [0.15, 0.2) is 60.8 Å². The molecule has 2 aliphatic rings. The van der Waals surface area contributed by atoms with Gasteiger partial charge in [-0.05, 0) is 49.9 Å². The van der Waals surface area contributed by atoms with Crippen LogP contribution >= 0.6 is 0 Å². The predicted octanol–water partition coefficient (Wildman–Crippen LogP) is 4.77. The number of fused-ring (bicyclic) bond motifs is 1. The highest BCUT2D eigenvalue weighted by Gasteiger charge is 2.27. The maximum absolute atomic E-state index is 12.9. The van der Waals surface area contributed by atoms with Gasteiger partial charge in [0.05, 0.1) is 5.69 Å². The molecular weight excluding hydrogens is 414 g/mol. The van der Waals surface area contributed by atoms with E-state index in [1.165, 1.54) is 12.8 Å². The number of nitrogens with zero attached hydrogens (tertiary/aromatic N) is 3. The Kier molecular flexibility index (Phi) is 6.11. The highest BCUT2D eigenvalue weighted by molar-refractivity contribution is 5.94. The van der Waals surface area contributed by atoms with Crippen molar-refractivity contribution in [3.8, 4) is 11.3 Å². The Labute approximate surface area is 193 Å². The van der Waals surface area contributed by atoms with Gasteiger partial charge in [0.2, 0.25) is 5.91 Å². The SMILES string of the molecule is O=C(Nc1cccc(-c2cn3c(n2)CCCC3)c1)C1CCN(C(=O)Nc2ccccc2)CC1. The second kappa shape index (κ2) is 9.48. The second-order valence-electron chi connectivity index (χ2n) is 8.82. The Bertz CT molecular complexity index is 1110. The Morgan fingerprint density at radius 2 is 1.67 bits per heavy atom. The van der Waals surface area contributed by atoms with Crippen LogP contribution < -0.4 is 10.6 Å². The lowest BCUT2D eigenvalue weighted by Gasteiger charge is -2.31. The van der Waals surface area contributed by atoms with Crippen molar-refractivity contribution in [1.29, 1.82) is 0 Å². The number of likely N-dealkylation sites (tertiary alicyclic amines) is 1. The molecular formula is C26H29N5O2. The van der Waals surface area contributed by atoms with E-state index in [1.807, 2.05) is 54.6 Å². The molecule has 2 N–H and O–H groups in total. The van der Waals surface area contributed by atoms with Gasteiger partial charge in [0.15, 0.2) is 0 Å². The monoisotopic (exact) mass is 443 g/mol. The van der Waals surface area contributed by atoms with Crippen LogP contribution in [-0.2, 0) is 17.8 Å². The maximum Gasteiger partial charge on any atom is 0.321 e. The first-order valence-corrected chi connectivity index (χ1v) is 11.7. The third-order valence-electron chi connectivity index (χ3n) is 6.51. The minimum Gasteiger partial charge on any atom is -0.334 e. The molecule has 3 aromatic rings. The number of imidazole rings is 1. The number of amides is 3. The molecule has 170 valence electrons. The van der Waals surface area contributed by atoms with Crippen molar-refractivity contribution in [2.24, 2.45) is 5.92 Å². The van der Waals surface area contributed by atoms with E-state index >= 15 is 0 Å². The van der Waals surface area contributed by atoms with E-state index in [-0.39, 0.29) is 17.9 Å². The summed E-state index contributed by atoms with van der Waals surface area (Å²) in [5.41, 5.74) is 3.54. The molecule has 0 atom stereocenters. The number of hydrogen-bond donors (Lipinski definition) is 2. The Morgan fingerprint density at radius 1 is 0.879 bits per heavy atom. The van der Waals surface area contributed by atoms with Crippen LogP contribution in [0.25, 0.3) is 11.3 Å². The van der Waals surface area contributed by atoms with Gasteiger partial charge in [-0.1, -0.05) is 30.3 Å². The van der Waals surface area contributed by atoms with Gasteiger partial charge in [0, 0.05) is 55.1 Å². The number of piperidine rings is 1. The smallest absolute Gasteiger partial charge is 0.321 e. The minimum absolute atomic E-state index is 0.0133. The van der Waals surface area contributed by atoms with Crippen LogP contribution in [0.1, 0.15) is 31.5 Å². The van der Waals surface area contributed by atoms with Crippen LogP contribution in [0.4, 0.5) is 16.2 Å². The van der Waals surface area contributed by atoms with Crippen LogP contribution in [0, 0.1) is 5.92 Å². The molecule has 7 heteroatoms. The number of anilines is 2. The highest BCUT2D eigenvalue weighted by Crippen LogP contribution is 2.26. The van der Waals surface area contributed by atoms with E-state index in [2.05, 4.69) is 21.4 Å². The molecule has 1 fully saturated rings. The number of aryl methyl sites for hydroxylation is 2. The fourth-order valence-corrected chi connectivity index (χ4v) is 4.62. The maximum atomic E-state index is 12.9. The Balaban J connectivity index is 1.17. The molecule has 0 radical (unpaired) electrons. The molecule has 0 aliphatic carbocycles. The molecule has 2 aromatic carbocycles. The van der Waals surface area contributed by atoms with Crippen LogP contribution in [0.5, 0.6) is 0 Å². The van der Waals surface area contributed by atoms with Crippen molar-refractivity contribution in [2.45, 2.75) is 38.6 Å². The summed E-state index contributed by atoms with van der Waals surface area (Å²) < 4.78 is 2.24. The summed E-state index contributed by atoms with van der Waals surface area (Å²) in [6.07, 6.45) is 6.85. The number of benzene rings is 2. The van der Waals surface area contributed by atoms with Gasteiger partial charge in [-0.15, -0.1) is 0 Å². The van der Waals surface area contributed by atoms with E-state index in [0.29, 0.717) is 25.9 Å². The van der Waals surface area contributed by atoms with Crippen LogP contribution in [-0.4, -0.2) is 39.5 Å². The van der Waals surface area contributed by atoms with Crippen molar-refractivity contribution < 1.29 is 9.59 Å². The molecule has 3 heterocycles. The van der Waals surface area contributed by atoms with Gasteiger partial charge >= 0.3 is 6.03 Å². The third-order valence-corrected chi connectivity index (χ3v) is 6.51. The number of carbonyl (C=O) groups is 2. The number of rotatable bonds is 4. The Hall–Kier alpha value is -3.61. The van der Waals surface area contributed by atoms with Gasteiger partial charge in [0.25, 0.3) is 0 Å². The van der Waals surface area contributed by atoms with E-state index in [1.54, 1.807) is 4.90 Å². The first-order chi connectivity index (χ1) is 16.2. The van der Waals surface area contributed by atoms with Crippen LogP contribution in [0.2, 0.25) is 0 Å². The lowest BCUT2D eigenvalue weighted by molar-refractivity contribution is -0.121. The van der Waals surface area contributed by atoms with Gasteiger partial charge in [-0.25, -0.2) is 9.78 Å². The standard InChI is InChI=1S/C26H29N5O2/c32-25(19-12-15-30(16-13-19)26(33)28-21-8-2-1-3-9-21)27-22-10-6-7-20(17-22)23-18-31-14-5-4-11-24(31)29-23/h1-3,6-10,17-19H,4-5,11-16H2,(H,27,32)(H,28,33). The lowest BCUT2D eigenvalue weighted by atomic mass is 9.96. The first kappa shape index (κ1) is 21.2. The quantitative estimate of drug-likeness (QED) is 0.610. The van der Waals surface area contributed by atoms with Gasteiger partial charge in [0.1, 0.15) is 5.82 Å². The zero-order chi connectivity index (χ0) is 22.6. The predicted molar refractivity (Wildman–Crippen MR) is 129 cm³/mol. The Morgan fingerprint density at radius 3 is 2.45 bits per heavy atom. The van der Waals surface area contributed by atoms with E-state index in [0.717, 1.165) is 41.4 Å². The topological polar surface area (TPSA) is 79.3 Å². The largest absolute Gasteiger partial charge is 0.334 e. The van der Waals surface area contributed by atoms with E-state index < -0.39 is 0 Å². The van der Waals surface area contributed by atoms with Gasteiger partial charge < -0.3 is 20.1 Å². The molecule has 0 spiro atoms. The van der Waals surface area contributed by atoms with Crippen molar-refractivity contribution >= 4 is 23.3 Å².